The van der Waals surface area contributed by atoms with Gasteiger partial charge in [0, 0.05) is 6.54 Å². The summed E-state index contributed by atoms with van der Waals surface area (Å²) >= 11 is 0. The Morgan fingerprint density at radius 3 is 2.33 bits per heavy atom. The summed E-state index contributed by atoms with van der Waals surface area (Å²) in [5.41, 5.74) is 0.644. The highest BCUT2D eigenvalue weighted by Crippen LogP contribution is 2.15. The average Bonchev–Trinajstić information content (AvgIpc) is 2.30. The van der Waals surface area contributed by atoms with Gasteiger partial charge < -0.3 is 15.2 Å². The fourth-order valence-electron chi connectivity index (χ4n) is 1.23. The normalized spacial score (nSPS) is 11.9. The van der Waals surface area contributed by atoms with Gasteiger partial charge in [0.1, 0.15) is 12.4 Å². The Kier molecular flexibility index (Phi) is 5.36. The van der Waals surface area contributed by atoms with E-state index in [0.29, 0.717) is 5.56 Å². The molecule has 0 amide bonds. The lowest BCUT2D eigenvalue weighted by atomic mass is 10.2. The molecule has 0 radical (unpaired) electrons. The van der Waals surface area contributed by atoms with Crippen LogP contribution < -0.4 is 10.1 Å². The molecular weight excluding hydrogens is 254 g/mol. The van der Waals surface area contributed by atoms with Crippen LogP contribution in [0.4, 0.5) is 17.6 Å². The van der Waals surface area contributed by atoms with Crippen molar-refractivity contribution in [1.82, 2.24) is 5.32 Å². The number of ether oxygens (including phenoxy) is 1. The maximum Gasteiger partial charge on any atom is 0.387 e. The summed E-state index contributed by atoms with van der Waals surface area (Å²) in [5.74, 6) is -3.16. The van der Waals surface area contributed by atoms with E-state index in [4.69, 9.17) is 5.11 Å². The molecule has 0 saturated heterocycles. The van der Waals surface area contributed by atoms with Crippen LogP contribution >= 0.6 is 0 Å². The summed E-state index contributed by atoms with van der Waals surface area (Å²) in [4.78, 5) is 0. The lowest BCUT2D eigenvalue weighted by molar-refractivity contribution is -0.0500. The number of hydrogen-bond acceptors (Lipinski definition) is 3. The van der Waals surface area contributed by atoms with Crippen LogP contribution in [0.2, 0.25) is 0 Å². The van der Waals surface area contributed by atoms with Crippen molar-refractivity contribution in [3.05, 3.63) is 29.8 Å². The molecule has 0 aliphatic rings. The van der Waals surface area contributed by atoms with Gasteiger partial charge in [0.25, 0.3) is 5.92 Å². The van der Waals surface area contributed by atoms with Crippen LogP contribution in [0.5, 0.6) is 5.75 Å². The standard InChI is InChI=1S/C11H13F4NO2/c12-10(13)18-9-3-1-8(2-4-9)5-16-6-11(14,15)7-17/h1-4,10,16-17H,5-7H2. The van der Waals surface area contributed by atoms with Crippen LogP contribution in [0, 0.1) is 0 Å². The van der Waals surface area contributed by atoms with Gasteiger partial charge in [-0.05, 0) is 17.7 Å². The van der Waals surface area contributed by atoms with Gasteiger partial charge in [-0.2, -0.15) is 8.78 Å². The van der Waals surface area contributed by atoms with Crippen molar-refractivity contribution in [2.45, 2.75) is 19.1 Å². The number of halogens is 4. The fourth-order valence-corrected chi connectivity index (χ4v) is 1.23. The molecule has 0 bridgehead atoms. The minimum absolute atomic E-state index is 0.00874. The topological polar surface area (TPSA) is 41.5 Å². The summed E-state index contributed by atoms with van der Waals surface area (Å²) < 4.78 is 53.1. The van der Waals surface area contributed by atoms with E-state index in [9.17, 15) is 17.6 Å². The third-order valence-electron chi connectivity index (χ3n) is 2.09. The van der Waals surface area contributed by atoms with Gasteiger partial charge in [-0.15, -0.1) is 0 Å². The van der Waals surface area contributed by atoms with Crippen LogP contribution in [0.25, 0.3) is 0 Å². The van der Waals surface area contributed by atoms with E-state index in [-0.39, 0.29) is 12.3 Å². The zero-order valence-electron chi connectivity index (χ0n) is 9.38. The predicted molar refractivity (Wildman–Crippen MR) is 56.8 cm³/mol. The van der Waals surface area contributed by atoms with Gasteiger partial charge in [-0.1, -0.05) is 12.1 Å². The number of benzene rings is 1. The lowest BCUT2D eigenvalue weighted by Gasteiger charge is -2.14. The van der Waals surface area contributed by atoms with Crippen molar-refractivity contribution < 1.29 is 27.4 Å². The third-order valence-corrected chi connectivity index (χ3v) is 2.09. The smallest absolute Gasteiger partial charge is 0.387 e. The Bertz CT molecular complexity index is 357. The Balaban J connectivity index is 2.40. The number of aliphatic hydroxyl groups excluding tert-OH is 1. The first kappa shape index (κ1) is 14.7. The minimum Gasteiger partial charge on any atom is -0.435 e. The van der Waals surface area contributed by atoms with Crippen molar-refractivity contribution in [1.29, 1.82) is 0 Å². The van der Waals surface area contributed by atoms with Gasteiger partial charge in [-0.3, -0.25) is 0 Å². The van der Waals surface area contributed by atoms with E-state index in [1.54, 1.807) is 0 Å². The lowest BCUT2D eigenvalue weighted by Crippen LogP contribution is -2.35. The molecule has 3 nitrogen and oxygen atoms in total. The number of hydrogen-bond donors (Lipinski definition) is 2. The van der Waals surface area contributed by atoms with Crippen LogP contribution in [-0.4, -0.2) is 30.8 Å². The van der Waals surface area contributed by atoms with Gasteiger partial charge in [0.2, 0.25) is 0 Å². The molecule has 0 spiro atoms. The molecule has 1 rings (SSSR count). The first-order valence-corrected chi connectivity index (χ1v) is 5.16. The summed E-state index contributed by atoms with van der Waals surface area (Å²) in [7, 11) is 0. The minimum atomic E-state index is -3.17. The molecule has 0 aliphatic heterocycles. The Morgan fingerprint density at radius 2 is 1.83 bits per heavy atom. The Labute approximate surface area is 101 Å². The first-order chi connectivity index (χ1) is 8.43. The van der Waals surface area contributed by atoms with E-state index >= 15 is 0 Å². The molecule has 0 fully saturated rings. The maximum absolute atomic E-state index is 12.6. The molecule has 0 aliphatic carbocycles. The second-order valence-electron chi connectivity index (χ2n) is 3.64. The van der Waals surface area contributed by atoms with Crippen LogP contribution in [0.15, 0.2) is 24.3 Å². The Morgan fingerprint density at radius 1 is 1.22 bits per heavy atom. The molecule has 0 aromatic heterocycles. The van der Waals surface area contributed by atoms with E-state index in [1.165, 1.54) is 24.3 Å². The van der Waals surface area contributed by atoms with E-state index in [1.807, 2.05) is 0 Å². The fraction of sp³-hybridized carbons (Fsp3) is 0.455. The molecule has 0 heterocycles. The van der Waals surface area contributed by atoms with Gasteiger partial charge in [0.05, 0.1) is 6.54 Å². The molecule has 1 aromatic rings. The zero-order valence-corrected chi connectivity index (χ0v) is 9.38. The molecule has 102 valence electrons. The SMILES string of the molecule is OCC(F)(F)CNCc1ccc(OC(F)F)cc1. The highest BCUT2D eigenvalue weighted by molar-refractivity contribution is 5.27. The number of rotatable bonds is 7. The molecule has 2 N–H and O–H groups in total. The van der Waals surface area contributed by atoms with Crippen LogP contribution in [0.3, 0.4) is 0 Å². The van der Waals surface area contributed by atoms with Crippen LogP contribution in [0.1, 0.15) is 5.56 Å². The van der Waals surface area contributed by atoms with Gasteiger partial charge in [-0.25, -0.2) is 8.78 Å². The highest BCUT2D eigenvalue weighted by Gasteiger charge is 2.26. The highest BCUT2D eigenvalue weighted by atomic mass is 19.3. The predicted octanol–water partition coefficient (Wildman–Crippen LogP) is 2.01. The second kappa shape index (κ2) is 6.55. The monoisotopic (exact) mass is 267 g/mol. The molecule has 18 heavy (non-hydrogen) atoms. The summed E-state index contributed by atoms with van der Waals surface area (Å²) in [6.45, 7) is -4.62. The van der Waals surface area contributed by atoms with Crippen molar-refractivity contribution >= 4 is 0 Å². The van der Waals surface area contributed by atoms with Gasteiger partial charge in [0.15, 0.2) is 0 Å². The average molecular weight is 267 g/mol. The largest absolute Gasteiger partial charge is 0.435 e. The van der Waals surface area contributed by atoms with E-state index in [2.05, 4.69) is 10.1 Å². The molecule has 0 atom stereocenters. The summed E-state index contributed by atoms with van der Waals surface area (Å²) in [5, 5.41) is 10.8. The van der Waals surface area contributed by atoms with Crippen molar-refractivity contribution in [3.8, 4) is 5.75 Å². The molecule has 0 saturated carbocycles. The zero-order chi connectivity index (χ0) is 13.6. The maximum atomic E-state index is 12.6. The first-order valence-electron chi connectivity index (χ1n) is 5.16. The quantitative estimate of drug-likeness (QED) is 0.742. The molecule has 7 heteroatoms. The van der Waals surface area contributed by atoms with Crippen LogP contribution in [-0.2, 0) is 6.54 Å². The van der Waals surface area contributed by atoms with Crippen molar-refractivity contribution in [2.75, 3.05) is 13.2 Å². The number of nitrogens with one attached hydrogen (secondary N) is 1. The second-order valence-corrected chi connectivity index (χ2v) is 3.64. The molecular formula is C11H13F4NO2. The molecule has 1 aromatic carbocycles. The summed E-state index contributed by atoms with van der Waals surface area (Å²) in [6, 6.07) is 5.63. The van der Waals surface area contributed by atoms with E-state index < -0.39 is 25.7 Å². The van der Waals surface area contributed by atoms with Crippen molar-refractivity contribution in [2.24, 2.45) is 0 Å². The van der Waals surface area contributed by atoms with Gasteiger partial charge >= 0.3 is 6.61 Å². The van der Waals surface area contributed by atoms with Crippen molar-refractivity contribution in [3.63, 3.8) is 0 Å². The Hall–Kier alpha value is -1.34. The number of alkyl halides is 4. The number of aliphatic hydroxyl groups is 1. The van der Waals surface area contributed by atoms with E-state index in [0.717, 1.165) is 0 Å². The molecule has 0 unspecified atom stereocenters. The summed E-state index contributed by atoms with van der Waals surface area (Å²) in [6.07, 6.45) is 0. The third kappa shape index (κ3) is 5.33.